The number of benzene rings is 1. The van der Waals surface area contributed by atoms with Gasteiger partial charge in [0.2, 0.25) is 0 Å². The SMILES string of the molecule is Clc1cccc(COCCOc2ccccc2)n1. The molecule has 0 saturated carbocycles. The second kappa shape index (κ2) is 6.99. The van der Waals surface area contributed by atoms with Crippen molar-refractivity contribution in [3.8, 4) is 5.75 Å². The summed E-state index contributed by atoms with van der Waals surface area (Å²) in [6, 6.07) is 15.1. The molecule has 2 rings (SSSR count). The Labute approximate surface area is 111 Å². The second-order valence-electron chi connectivity index (χ2n) is 3.67. The predicted octanol–water partition coefficient (Wildman–Crippen LogP) is 3.33. The monoisotopic (exact) mass is 263 g/mol. The van der Waals surface area contributed by atoms with Gasteiger partial charge in [-0.25, -0.2) is 4.98 Å². The van der Waals surface area contributed by atoms with Crippen LogP contribution in [0.1, 0.15) is 5.69 Å². The lowest BCUT2D eigenvalue weighted by atomic mass is 10.3. The van der Waals surface area contributed by atoms with E-state index in [9.17, 15) is 0 Å². The first kappa shape index (κ1) is 12.9. The number of ether oxygens (including phenoxy) is 2. The molecule has 0 atom stereocenters. The maximum Gasteiger partial charge on any atom is 0.129 e. The normalized spacial score (nSPS) is 10.3. The highest BCUT2D eigenvalue weighted by molar-refractivity contribution is 6.29. The smallest absolute Gasteiger partial charge is 0.129 e. The van der Waals surface area contributed by atoms with E-state index < -0.39 is 0 Å². The van der Waals surface area contributed by atoms with Gasteiger partial charge in [0.25, 0.3) is 0 Å². The first-order chi connectivity index (χ1) is 8.84. The van der Waals surface area contributed by atoms with Crippen LogP contribution in [-0.2, 0) is 11.3 Å². The fourth-order valence-corrected chi connectivity index (χ4v) is 1.62. The molecule has 0 saturated heterocycles. The molecule has 0 spiro atoms. The summed E-state index contributed by atoms with van der Waals surface area (Å²) in [5.74, 6) is 0.849. The molecule has 1 aromatic carbocycles. The van der Waals surface area contributed by atoms with E-state index in [2.05, 4.69) is 4.98 Å². The molecule has 0 aliphatic rings. The number of pyridine rings is 1. The topological polar surface area (TPSA) is 31.4 Å². The minimum Gasteiger partial charge on any atom is -0.491 e. The van der Waals surface area contributed by atoms with E-state index in [0.717, 1.165) is 11.4 Å². The third-order valence-electron chi connectivity index (χ3n) is 2.26. The lowest BCUT2D eigenvalue weighted by Crippen LogP contribution is -2.07. The zero-order chi connectivity index (χ0) is 12.6. The minimum absolute atomic E-state index is 0.443. The molecule has 0 amide bonds. The molecule has 1 heterocycles. The molecule has 0 aliphatic carbocycles. The lowest BCUT2D eigenvalue weighted by molar-refractivity contribution is 0.0870. The molecule has 2 aromatic rings. The standard InChI is InChI=1S/C14H14ClNO2/c15-14-8-4-5-12(16-14)11-17-9-10-18-13-6-2-1-3-7-13/h1-8H,9-11H2. The van der Waals surface area contributed by atoms with Gasteiger partial charge in [-0.05, 0) is 24.3 Å². The Morgan fingerprint density at radius 2 is 1.78 bits per heavy atom. The maximum absolute atomic E-state index is 5.77. The van der Waals surface area contributed by atoms with Crippen LogP contribution >= 0.6 is 11.6 Å². The molecule has 1 aromatic heterocycles. The zero-order valence-electron chi connectivity index (χ0n) is 9.88. The van der Waals surface area contributed by atoms with Crippen LogP contribution in [0.4, 0.5) is 0 Å². The molecule has 4 heteroatoms. The van der Waals surface area contributed by atoms with E-state index >= 15 is 0 Å². The summed E-state index contributed by atoms with van der Waals surface area (Å²) in [4.78, 5) is 4.13. The molecule has 94 valence electrons. The van der Waals surface area contributed by atoms with Gasteiger partial charge in [0.05, 0.1) is 18.9 Å². The summed E-state index contributed by atoms with van der Waals surface area (Å²) in [6.07, 6.45) is 0. The Hall–Kier alpha value is -1.58. The van der Waals surface area contributed by atoms with Gasteiger partial charge in [0.15, 0.2) is 0 Å². The van der Waals surface area contributed by atoms with Crippen LogP contribution in [0.3, 0.4) is 0 Å². The number of para-hydroxylation sites is 1. The van der Waals surface area contributed by atoms with Gasteiger partial charge in [-0.2, -0.15) is 0 Å². The molecule has 0 unspecified atom stereocenters. The summed E-state index contributed by atoms with van der Waals surface area (Å²) < 4.78 is 10.9. The van der Waals surface area contributed by atoms with Crippen molar-refractivity contribution >= 4 is 11.6 Å². The quantitative estimate of drug-likeness (QED) is 0.592. The van der Waals surface area contributed by atoms with Gasteiger partial charge in [-0.1, -0.05) is 35.9 Å². The van der Waals surface area contributed by atoms with E-state index in [-0.39, 0.29) is 0 Å². The van der Waals surface area contributed by atoms with Gasteiger partial charge in [-0.15, -0.1) is 0 Å². The van der Waals surface area contributed by atoms with E-state index in [1.54, 1.807) is 6.07 Å². The molecule has 18 heavy (non-hydrogen) atoms. The van der Waals surface area contributed by atoms with Crippen LogP contribution in [-0.4, -0.2) is 18.2 Å². The molecule has 3 nitrogen and oxygen atoms in total. The molecule has 0 bridgehead atoms. The summed E-state index contributed by atoms with van der Waals surface area (Å²) in [5, 5.41) is 0.483. The third kappa shape index (κ3) is 4.35. The van der Waals surface area contributed by atoms with Crippen LogP contribution in [0.5, 0.6) is 5.75 Å². The van der Waals surface area contributed by atoms with Gasteiger partial charge in [0.1, 0.15) is 17.5 Å². The molecular formula is C14H14ClNO2. The maximum atomic E-state index is 5.77. The highest BCUT2D eigenvalue weighted by atomic mass is 35.5. The van der Waals surface area contributed by atoms with Crippen molar-refractivity contribution in [1.82, 2.24) is 4.98 Å². The first-order valence-electron chi connectivity index (χ1n) is 5.71. The van der Waals surface area contributed by atoms with Crippen molar-refractivity contribution in [2.75, 3.05) is 13.2 Å². The van der Waals surface area contributed by atoms with Crippen LogP contribution in [0.25, 0.3) is 0 Å². The van der Waals surface area contributed by atoms with Crippen molar-refractivity contribution in [2.24, 2.45) is 0 Å². The Bertz CT molecular complexity index is 476. The van der Waals surface area contributed by atoms with Gasteiger partial charge >= 0.3 is 0 Å². The summed E-state index contributed by atoms with van der Waals surface area (Å²) in [6.45, 7) is 1.48. The van der Waals surface area contributed by atoms with Gasteiger partial charge < -0.3 is 9.47 Å². The second-order valence-corrected chi connectivity index (χ2v) is 4.05. The van der Waals surface area contributed by atoms with Crippen molar-refractivity contribution in [1.29, 1.82) is 0 Å². The largest absolute Gasteiger partial charge is 0.491 e. The summed E-state index contributed by atoms with van der Waals surface area (Å²) in [7, 11) is 0. The highest BCUT2D eigenvalue weighted by Gasteiger charge is 1.97. The summed E-state index contributed by atoms with van der Waals surface area (Å²) in [5.41, 5.74) is 0.821. The minimum atomic E-state index is 0.443. The summed E-state index contributed by atoms with van der Waals surface area (Å²) >= 11 is 5.77. The Balaban J connectivity index is 1.65. The van der Waals surface area contributed by atoms with Crippen LogP contribution in [0.15, 0.2) is 48.5 Å². The van der Waals surface area contributed by atoms with Gasteiger partial charge in [-0.3, -0.25) is 0 Å². The fourth-order valence-electron chi connectivity index (χ4n) is 1.44. The Kier molecular flexibility index (Phi) is 5.00. The molecule has 0 aliphatic heterocycles. The van der Waals surface area contributed by atoms with E-state index in [1.165, 1.54) is 0 Å². The molecule has 0 fully saturated rings. The lowest BCUT2D eigenvalue weighted by Gasteiger charge is -2.06. The van der Waals surface area contributed by atoms with Crippen molar-refractivity contribution in [2.45, 2.75) is 6.61 Å². The van der Waals surface area contributed by atoms with Gasteiger partial charge in [0, 0.05) is 0 Å². The number of aromatic nitrogens is 1. The van der Waals surface area contributed by atoms with Crippen LogP contribution < -0.4 is 4.74 Å². The van der Waals surface area contributed by atoms with Crippen molar-refractivity contribution in [3.05, 3.63) is 59.4 Å². The Morgan fingerprint density at radius 3 is 2.56 bits per heavy atom. The average molecular weight is 264 g/mol. The van der Waals surface area contributed by atoms with Crippen LogP contribution in [0.2, 0.25) is 5.15 Å². The molecule has 0 radical (unpaired) electrons. The van der Waals surface area contributed by atoms with E-state index in [4.69, 9.17) is 21.1 Å². The highest BCUT2D eigenvalue weighted by Crippen LogP contribution is 2.08. The van der Waals surface area contributed by atoms with E-state index in [0.29, 0.717) is 25.0 Å². The number of hydrogen-bond donors (Lipinski definition) is 0. The van der Waals surface area contributed by atoms with E-state index in [1.807, 2.05) is 42.5 Å². The molecular weight excluding hydrogens is 250 g/mol. The number of nitrogens with zero attached hydrogens (tertiary/aromatic N) is 1. The average Bonchev–Trinajstić information content (AvgIpc) is 2.40. The first-order valence-corrected chi connectivity index (χ1v) is 6.09. The van der Waals surface area contributed by atoms with Crippen molar-refractivity contribution in [3.63, 3.8) is 0 Å². The number of hydrogen-bond acceptors (Lipinski definition) is 3. The van der Waals surface area contributed by atoms with Crippen molar-refractivity contribution < 1.29 is 9.47 Å². The molecule has 0 N–H and O–H groups in total. The van der Waals surface area contributed by atoms with Crippen LogP contribution in [0, 0.1) is 0 Å². The number of halogens is 1. The predicted molar refractivity (Wildman–Crippen MR) is 70.8 cm³/mol. The zero-order valence-corrected chi connectivity index (χ0v) is 10.6. The Morgan fingerprint density at radius 1 is 0.944 bits per heavy atom. The third-order valence-corrected chi connectivity index (χ3v) is 2.47. The fraction of sp³-hybridized carbons (Fsp3) is 0.214. The number of rotatable bonds is 6.